The molecule has 2 aromatic carbocycles. The highest BCUT2D eigenvalue weighted by Crippen LogP contribution is 2.45. The van der Waals surface area contributed by atoms with Crippen LogP contribution in [-0.4, -0.2) is 70.4 Å². The topological polar surface area (TPSA) is 65.3 Å². The molecule has 0 radical (unpaired) electrons. The molecule has 6 fully saturated rings. The summed E-state index contributed by atoms with van der Waals surface area (Å²) < 4.78 is 41.2. The largest absolute Gasteiger partial charge is 0.505 e. The van der Waals surface area contributed by atoms with Crippen molar-refractivity contribution in [2.45, 2.75) is 171 Å². The fourth-order valence-electron chi connectivity index (χ4n) is 9.88. The zero-order valence-corrected chi connectivity index (χ0v) is 36.9. The first kappa shape index (κ1) is 38.0. The first-order chi connectivity index (χ1) is 24.8. The van der Waals surface area contributed by atoms with Crippen LogP contribution in [0.15, 0.2) is 54.6 Å². The lowest BCUT2D eigenvalue weighted by Gasteiger charge is -2.45. The molecule has 3 saturated heterocycles. The van der Waals surface area contributed by atoms with E-state index in [0.717, 1.165) is 35.9 Å². The molecule has 286 valence electrons. The maximum Gasteiger partial charge on any atom is 0.505 e. The highest BCUT2D eigenvalue weighted by atomic mass is 28.5. The predicted octanol–water partition coefficient (Wildman–Crippen LogP) is 10.0. The molecule has 6 nitrogen and oxygen atoms in total. The number of rotatable bonds is 17. The van der Waals surface area contributed by atoms with Crippen LogP contribution in [0.2, 0.25) is 57.4 Å². The fourth-order valence-corrected chi connectivity index (χ4v) is 26.8. The van der Waals surface area contributed by atoms with Gasteiger partial charge in [0.05, 0.1) is 36.6 Å². The van der Waals surface area contributed by atoms with E-state index in [1.807, 2.05) is 0 Å². The Bertz CT molecular complexity index is 1390. The van der Waals surface area contributed by atoms with Gasteiger partial charge in [-0.05, 0) is 144 Å². The van der Waals surface area contributed by atoms with Gasteiger partial charge < -0.3 is 26.6 Å². The lowest BCUT2D eigenvalue weighted by Crippen LogP contribution is -2.68. The molecule has 3 aliphatic carbocycles. The van der Waals surface area contributed by atoms with Gasteiger partial charge in [0, 0.05) is 5.19 Å². The van der Waals surface area contributed by atoms with Gasteiger partial charge in [-0.25, -0.2) is 0 Å². The summed E-state index contributed by atoms with van der Waals surface area (Å²) in [6.07, 6.45) is 18.2. The highest BCUT2D eigenvalue weighted by Gasteiger charge is 2.55. The van der Waals surface area contributed by atoms with Crippen LogP contribution in [0.1, 0.15) is 77.0 Å². The lowest BCUT2D eigenvalue weighted by molar-refractivity contribution is 0.261. The van der Waals surface area contributed by atoms with Gasteiger partial charge in [-0.3, -0.25) is 0 Å². The van der Waals surface area contributed by atoms with Gasteiger partial charge in [0.2, 0.25) is 0 Å². The molecular formula is C42H66O6Si4. The molecule has 9 unspecified atom stereocenters. The van der Waals surface area contributed by atoms with Gasteiger partial charge >= 0.3 is 8.80 Å². The third kappa shape index (κ3) is 9.71. The summed E-state index contributed by atoms with van der Waals surface area (Å²) in [6, 6.07) is 23.4. The normalized spacial score (nSPS) is 33.7. The molecule has 0 aromatic heterocycles. The van der Waals surface area contributed by atoms with Gasteiger partial charge in [0.1, 0.15) is 0 Å². The summed E-state index contributed by atoms with van der Waals surface area (Å²) in [7, 11) is -10.0. The Morgan fingerprint density at radius 1 is 0.462 bits per heavy atom. The molecule has 3 heterocycles. The van der Waals surface area contributed by atoms with Crippen molar-refractivity contribution in [3.05, 3.63) is 54.6 Å². The summed E-state index contributed by atoms with van der Waals surface area (Å²) in [5, 5.41) is 1.17. The van der Waals surface area contributed by atoms with Crippen molar-refractivity contribution in [1.29, 1.82) is 0 Å². The number of epoxide rings is 3. The Hall–Kier alpha value is -0.932. The van der Waals surface area contributed by atoms with E-state index in [9.17, 15) is 0 Å². The van der Waals surface area contributed by atoms with Crippen LogP contribution >= 0.6 is 0 Å². The highest BCUT2D eigenvalue weighted by molar-refractivity contribution is 6.96. The van der Waals surface area contributed by atoms with Gasteiger partial charge in [-0.2, -0.15) is 0 Å². The second-order valence-corrected chi connectivity index (χ2v) is 35.6. The molecule has 6 aliphatic rings. The smallest absolute Gasteiger partial charge is 0.413 e. The van der Waals surface area contributed by atoms with E-state index >= 15 is 0 Å². The molecule has 2 aromatic rings. The molecule has 0 bridgehead atoms. The Balaban J connectivity index is 1.07. The molecule has 3 aliphatic heterocycles. The van der Waals surface area contributed by atoms with Crippen molar-refractivity contribution in [1.82, 2.24) is 0 Å². The van der Waals surface area contributed by atoms with Crippen molar-refractivity contribution in [2.75, 3.05) is 0 Å². The summed E-state index contributed by atoms with van der Waals surface area (Å²) in [6.45, 7) is 14.7. The van der Waals surface area contributed by atoms with Crippen molar-refractivity contribution < 1.29 is 26.6 Å². The second kappa shape index (κ2) is 15.2. The predicted molar refractivity (Wildman–Crippen MR) is 219 cm³/mol. The van der Waals surface area contributed by atoms with Crippen molar-refractivity contribution >= 4 is 38.9 Å². The first-order valence-electron chi connectivity index (χ1n) is 21.1. The lowest BCUT2D eigenvalue weighted by atomic mass is 9.88. The van der Waals surface area contributed by atoms with Crippen LogP contribution in [0.3, 0.4) is 0 Å². The van der Waals surface area contributed by atoms with Crippen molar-refractivity contribution in [3.8, 4) is 11.1 Å². The van der Waals surface area contributed by atoms with Gasteiger partial charge in [0.25, 0.3) is 0 Å². The number of ether oxygens (including phenoxy) is 3. The molecule has 0 amide bonds. The van der Waals surface area contributed by atoms with Gasteiger partial charge in [-0.1, -0.05) is 73.9 Å². The third-order valence-electron chi connectivity index (χ3n) is 13.4. The first-order valence-corrected chi connectivity index (χ1v) is 32.1. The van der Waals surface area contributed by atoms with Crippen LogP contribution < -0.4 is 5.19 Å². The van der Waals surface area contributed by atoms with Gasteiger partial charge in [0.15, 0.2) is 25.0 Å². The van der Waals surface area contributed by atoms with Gasteiger partial charge in [-0.15, -0.1) is 0 Å². The van der Waals surface area contributed by atoms with Crippen LogP contribution in [0.25, 0.3) is 11.1 Å². The summed E-state index contributed by atoms with van der Waals surface area (Å²) >= 11 is 0. The van der Waals surface area contributed by atoms with Crippen LogP contribution in [0.4, 0.5) is 0 Å². The number of fused-ring (bicyclic) bond motifs is 3. The summed E-state index contributed by atoms with van der Waals surface area (Å²) in [5.74, 6) is 2.24. The van der Waals surface area contributed by atoms with E-state index < -0.39 is 33.8 Å². The number of hydrogen-bond donors (Lipinski definition) is 0. The monoisotopic (exact) mass is 778 g/mol. The SMILES string of the molecule is C[Si](C)(CCC1CCC2OC2C1)O[Si](O[Si](C)(C)CCC1CCC2OC2C1)(O[Si](C)(C)CCC1CCC2OC2C1)c1ccc(-c2ccccc2)cc1. The minimum atomic E-state index is -3.37. The molecule has 52 heavy (non-hydrogen) atoms. The second-order valence-electron chi connectivity index (χ2n) is 19.4. The van der Waals surface area contributed by atoms with E-state index in [2.05, 4.69) is 93.9 Å². The third-order valence-corrected chi connectivity index (χ3v) is 28.8. The molecule has 3 saturated carbocycles. The van der Waals surface area contributed by atoms with Crippen molar-refractivity contribution in [2.24, 2.45) is 17.8 Å². The summed E-state index contributed by atoms with van der Waals surface area (Å²) in [5.41, 5.74) is 2.46. The van der Waals surface area contributed by atoms with Crippen LogP contribution in [0.5, 0.6) is 0 Å². The van der Waals surface area contributed by atoms with E-state index in [-0.39, 0.29) is 0 Å². The fraction of sp³-hybridized carbons (Fsp3) is 0.714. The maximum absolute atomic E-state index is 7.82. The van der Waals surface area contributed by atoms with E-state index in [1.165, 1.54) is 93.4 Å². The molecule has 0 spiro atoms. The minimum Gasteiger partial charge on any atom is -0.413 e. The minimum absolute atomic E-state index is 0.523. The zero-order valence-electron chi connectivity index (χ0n) is 32.9. The Morgan fingerprint density at radius 3 is 1.19 bits per heavy atom. The average molecular weight is 779 g/mol. The Morgan fingerprint density at radius 2 is 0.827 bits per heavy atom. The number of benzene rings is 2. The summed E-state index contributed by atoms with van der Waals surface area (Å²) in [4.78, 5) is 0. The molecule has 0 N–H and O–H groups in total. The van der Waals surface area contributed by atoms with E-state index in [1.54, 1.807) is 0 Å². The van der Waals surface area contributed by atoms with Crippen molar-refractivity contribution in [3.63, 3.8) is 0 Å². The van der Waals surface area contributed by atoms with Crippen LogP contribution in [-0.2, 0) is 26.6 Å². The Labute approximate surface area is 318 Å². The number of hydrogen-bond acceptors (Lipinski definition) is 6. The zero-order chi connectivity index (χ0) is 36.1. The maximum atomic E-state index is 7.82. The van der Waals surface area contributed by atoms with E-state index in [0.29, 0.717) is 36.6 Å². The molecule has 9 atom stereocenters. The quantitative estimate of drug-likeness (QED) is 0.118. The standard InChI is InChI=1S/C42H66O6Si4/c1-49(2,25-22-31-12-19-37-40(28-31)43-37)46-52(36-17-15-35(16-18-36)34-10-8-7-9-11-34,47-50(3,4)26-23-32-13-20-38-41(29-32)44-38)48-51(5,6)27-24-33-14-21-39-42(30-33)45-39/h7-11,15-18,31-33,37-42H,12-14,19-30H2,1-6H3. The van der Waals surface area contributed by atoms with Crippen LogP contribution in [0, 0.1) is 17.8 Å². The Kier molecular flexibility index (Phi) is 11.1. The molecule has 10 heteroatoms. The van der Waals surface area contributed by atoms with E-state index in [4.69, 9.17) is 26.6 Å². The average Bonchev–Trinajstić information content (AvgIpc) is 4.01. The molecule has 8 rings (SSSR count). The molecular weight excluding hydrogens is 713 g/mol.